The highest BCUT2D eigenvalue weighted by Crippen LogP contribution is 2.33. The zero-order valence-electron chi connectivity index (χ0n) is 11.0. The van der Waals surface area contributed by atoms with E-state index in [1.807, 2.05) is 19.1 Å². The van der Waals surface area contributed by atoms with Crippen molar-refractivity contribution in [2.75, 3.05) is 5.32 Å². The second-order valence-electron chi connectivity index (χ2n) is 5.13. The smallest absolute Gasteiger partial charge is 0.292 e. The quantitative estimate of drug-likeness (QED) is 0.649. The van der Waals surface area contributed by atoms with Crippen molar-refractivity contribution >= 4 is 11.4 Å². The molecule has 0 radical (unpaired) electrons. The molecule has 0 saturated heterocycles. The normalized spacial score (nSPS) is 23.0. The fourth-order valence-corrected chi connectivity index (χ4v) is 2.83. The van der Waals surface area contributed by atoms with Crippen LogP contribution in [0.2, 0.25) is 0 Å². The van der Waals surface area contributed by atoms with Gasteiger partial charge >= 0.3 is 0 Å². The van der Waals surface area contributed by atoms with Gasteiger partial charge in [0.1, 0.15) is 5.69 Å². The lowest BCUT2D eigenvalue weighted by Gasteiger charge is -2.20. The molecule has 0 amide bonds. The largest absolute Gasteiger partial charge is 0.376 e. The van der Waals surface area contributed by atoms with E-state index in [1.54, 1.807) is 6.07 Å². The highest BCUT2D eigenvalue weighted by molar-refractivity contribution is 5.63. The lowest BCUT2D eigenvalue weighted by Crippen LogP contribution is -2.23. The van der Waals surface area contributed by atoms with Crippen LogP contribution in [0, 0.1) is 23.0 Å². The zero-order valence-corrected chi connectivity index (χ0v) is 11.0. The Morgan fingerprint density at radius 2 is 2.22 bits per heavy atom. The Labute approximate surface area is 108 Å². The summed E-state index contributed by atoms with van der Waals surface area (Å²) < 4.78 is 0. The van der Waals surface area contributed by atoms with Crippen molar-refractivity contribution < 1.29 is 4.92 Å². The minimum absolute atomic E-state index is 0.191. The van der Waals surface area contributed by atoms with Crippen LogP contribution >= 0.6 is 0 Å². The predicted molar refractivity (Wildman–Crippen MR) is 72.9 cm³/mol. The number of hydrogen-bond donors (Lipinski definition) is 1. The third-order valence-corrected chi connectivity index (χ3v) is 3.87. The summed E-state index contributed by atoms with van der Waals surface area (Å²) in [7, 11) is 0. The average molecular weight is 248 g/mol. The van der Waals surface area contributed by atoms with Crippen LogP contribution in [0.4, 0.5) is 11.4 Å². The van der Waals surface area contributed by atoms with E-state index in [0.717, 1.165) is 18.4 Å². The monoisotopic (exact) mass is 248 g/mol. The maximum absolute atomic E-state index is 11.1. The van der Waals surface area contributed by atoms with Crippen LogP contribution in [0.5, 0.6) is 0 Å². The molecule has 1 N–H and O–H groups in total. The maximum atomic E-state index is 11.1. The third-order valence-electron chi connectivity index (χ3n) is 3.87. The molecule has 1 aliphatic rings. The van der Waals surface area contributed by atoms with E-state index in [9.17, 15) is 10.1 Å². The molecule has 1 aromatic carbocycles. The second-order valence-corrected chi connectivity index (χ2v) is 5.13. The van der Waals surface area contributed by atoms with E-state index < -0.39 is 0 Å². The van der Waals surface area contributed by atoms with Crippen LogP contribution in [-0.4, -0.2) is 11.0 Å². The van der Waals surface area contributed by atoms with E-state index in [-0.39, 0.29) is 10.6 Å². The molecule has 1 aromatic rings. The lowest BCUT2D eigenvalue weighted by molar-refractivity contribution is -0.384. The molecule has 4 heteroatoms. The van der Waals surface area contributed by atoms with Crippen molar-refractivity contribution in [2.24, 2.45) is 5.92 Å². The molecule has 2 unspecified atom stereocenters. The Hall–Kier alpha value is -1.58. The Bertz CT molecular complexity index is 445. The number of nitro groups is 1. The first-order valence-corrected chi connectivity index (χ1v) is 6.63. The van der Waals surface area contributed by atoms with Crippen molar-refractivity contribution in [1.29, 1.82) is 0 Å². The number of nitrogens with zero attached hydrogens (tertiary/aromatic N) is 1. The van der Waals surface area contributed by atoms with Crippen molar-refractivity contribution in [1.82, 2.24) is 0 Å². The van der Waals surface area contributed by atoms with Gasteiger partial charge in [-0.2, -0.15) is 0 Å². The van der Waals surface area contributed by atoms with Crippen molar-refractivity contribution in [3.05, 3.63) is 33.9 Å². The predicted octanol–water partition coefficient (Wildman–Crippen LogP) is 3.89. The van der Waals surface area contributed by atoms with Gasteiger partial charge in [-0.3, -0.25) is 10.1 Å². The van der Waals surface area contributed by atoms with Crippen molar-refractivity contribution in [2.45, 2.75) is 45.6 Å². The van der Waals surface area contributed by atoms with Gasteiger partial charge in [0.2, 0.25) is 0 Å². The van der Waals surface area contributed by atoms with E-state index in [1.165, 1.54) is 12.8 Å². The molecule has 0 bridgehead atoms. The number of rotatable bonds is 4. The molecule has 0 aliphatic heterocycles. The van der Waals surface area contributed by atoms with E-state index >= 15 is 0 Å². The molecule has 98 valence electrons. The molecule has 1 aliphatic carbocycles. The summed E-state index contributed by atoms with van der Waals surface area (Å²) in [6.45, 7) is 4.06. The Kier molecular flexibility index (Phi) is 3.84. The van der Waals surface area contributed by atoms with Crippen LogP contribution in [0.3, 0.4) is 0 Å². The Morgan fingerprint density at radius 1 is 1.44 bits per heavy atom. The molecule has 0 aromatic heterocycles. The molecule has 2 atom stereocenters. The molecule has 0 heterocycles. The number of nitrogens with one attached hydrogen (secondary N) is 1. The van der Waals surface area contributed by atoms with Gasteiger partial charge < -0.3 is 5.32 Å². The van der Waals surface area contributed by atoms with Gasteiger partial charge in [-0.15, -0.1) is 0 Å². The topological polar surface area (TPSA) is 55.2 Å². The minimum atomic E-state index is -0.300. The van der Waals surface area contributed by atoms with Gasteiger partial charge in [-0.25, -0.2) is 0 Å². The summed E-state index contributed by atoms with van der Waals surface area (Å²) in [6, 6.07) is 5.78. The fraction of sp³-hybridized carbons (Fsp3) is 0.571. The second kappa shape index (κ2) is 5.38. The summed E-state index contributed by atoms with van der Waals surface area (Å²) in [5.74, 6) is 0.644. The first kappa shape index (κ1) is 12.9. The van der Waals surface area contributed by atoms with Crippen LogP contribution in [0.25, 0.3) is 0 Å². The van der Waals surface area contributed by atoms with Crippen LogP contribution in [-0.2, 0) is 0 Å². The molecule has 4 nitrogen and oxygen atoms in total. The fourth-order valence-electron chi connectivity index (χ4n) is 2.83. The van der Waals surface area contributed by atoms with Crippen LogP contribution in [0.15, 0.2) is 18.2 Å². The van der Waals surface area contributed by atoms with Crippen LogP contribution in [0.1, 0.15) is 38.2 Å². The van der Waals surface area contributed by atoms with Gasteiger partial charge in [0.25, 0.3) is 5.69 Å². The van der Waals surface area contributed by atoms with Gasteiger partial charge in [-0.1, -0.05) is 25.8 Å². The Balaban J connectivity index is 2.20. The van der Waals surface area contributed by atoms with E-state index in [0.29, 0.717) is 17.6 Å². The van der Waals surface area contributed by atoms with Gasteiger partial charge in [0.05, 0.1) is 4.92 Å². The van der Waals surface area contributed by atoms with Crippen LogP contribution < -0.4 is 5.32 Å². The third kappa shape index (κ3) is 2.63. The number of hydrogen-bond acceptors (Lipinski definition) is 3. The van der Waals surface area contributed by atoms with Gasteiger partial charge in [0.15, 0.2) is 0 Å². The summed E-state index contributed by atoms with van der Waals surface area (Å²) >= 11 is 0. The van der Waals surface area contributed by atoms with E-state index in [4.69, 9.17) is 0 Å². The standard InChI is InChI=1S/C14H20N2O2/c1-3-11-5-4-6-12(11)15-13-8-7-10(2)9-14(13)16(17)18/h7-9,11-12,15H,3-6H2,1-2H3. The maximum Gasteiger partial charge on any atom is 0.292 e. The summed E-state index contributed by atoms with van der Waals surface area (Å²) in [4.78, 5) is 10.8. The summed E-state index contributed by atoms with van der Waals surface area (Å²) in [5.41, 5.74) is 1.78. The van der Waals surface area contributed by atoms with Gasteiger partial charge in [0, 0.05) is 12.1 Å². The Morgan fingerprint density at radius 3 is 2.89 bits per heavy atom. The molecular weight excluding hydrogens is 228 g/mol. The molecule has 0 spiro atoms. The van der Waals surface area contributed by atoms with Crippen molar-refractivity contribution in [3.8, 4) is 0 Å². The molecule has 2 rings (SSSR count). The number of anilines is 1. The summed E-state index contributed by atoms with van der Waals surface area (Å²) in [6.07, 6.45) is 4.70. The molecule has 1 saturated carbocycles. The number of nitro benzene ring substituents is 1. The number of aryl methyl sites for hydroxylation is 1. The highest BCUT2D eigenvalue weighted by Gasteiger charge is 2.27. The van der Waals surface area contributed by atoms with E-state index in [2.05, 4.69) is 12.2 Å². The first-order valence-electron chi connectivity index (χ1n) is 6.63. The van der Waals surface area contributed by atoms with Crippen molar-refractivity contribution in [3.63, 3.8) is 0 Å². The lowest BCUT2D eigenvalue weighted by atomic mass is 10.00. The number of benzene rings is 1. The zero-order chi connectivity index (χ0) is 13.1. The molecule has 18 heavy (non-hydrogen) atoms. The highest BCUT2D eigenvalue weighted by atomic mass is 16.6. The first-order chi connectivity index (χ1) is 8.61. The molecule has 1 fully saturated rings. The molecular formula is C14H20N2O2. The SMILES string of the molecule is CCC1CCCC1Nc1ccc(C)cc1[N+](=O)[O-]. The minimum Gasteiger partial charge on any atom is -0.376 e. The van der Waals surface area contributed by atoms with Gasteiger partial charge in [-0.05, 0) is 37.3 Å². The summed E-state index contributed by atoms with van der Waals surface area (Å²) in [5, 5.41) is 14.4. The average Bonchev–Trinajstić information content (AvgIpc) is 2.78.